The SMILES string of the molecule is OC1CCCC(CNCc2ncccc2C(F)(F)F)C1. The summed E-state index contributed by atoms with van der Waals surface area (Å²) >= 11 is 0. The Morgan fingerprint density at radius 3 is 2.85 bits per heavy atom. The Labute approximate surface area is 116 Å². The van der Waals surface area contributed by atoms with Gasteiger partial charge in [0.2, 0.25) is 0 Å². The first-order valence-electron chi connectivity index (χ1n) is 6.86. The van der Waals surface area contributed by atoms with Crippen molar-refractivity contribution in [3.05, 3.63) is 29.6 Å². The Hall–Kier alpha value is -1.14. The highest BCUT2D eigenvalue weighted by atomic mass is 19.4. The second-order valence-corrected chi connectivity index (χ2v) is 5.31. The van der Waals surface area contributed by atoms with Gasteiger partial charge in [-0.1, -0.05) is 6.42 Å². The lowest BCUT2D eigenvalue weighted by atomic mass is 9.87. The quantitative estimate of drug-likeness (QED) is 0.895. The fraction of sp³-hybridized carbons (Fsp3) is 0.643. The molecule has 0 bridgehead atoms. The van der Waals surface area contributed by atoms with Crippen molar-refractivity contribution in [2.45, 2.75) is 44.5 Å². The van der Waals surface area contributed by atoms with Gasteiger partial charge in [-0.05, 0) is 43.9 Å². The molecule has 2 unspecified atom stereocenters. The zero-order chi connectivity index (χ0) is 14.6. The molecule has 1 aromatic heterocycles. The van der Waals surface area contributed by atoms with Crippen LogP contribution in [0.2, 0.25) is 0 Å². The lowest BCUT2D eigenvalue weighted by Gasteiger charge is -2.26. The first-order chi connectivity index (χ1) is 9.47. The van der Waals surface area contributed by atoms with Crippen molar-refractivity contribution >= 4 is 0 Å². The molecule has 2 rings (SSSR count). The molecule has 0 aliphatic heterocycles. The predicted octanol–water partition coefficient (Wildman–Crippen LogP) is 2.74. The van der Waals surface area contributed by atoms with Gasteiger partial charge in [-0.2, -0.15) is 13.2 Å². The highest BCUT2D eigenvalue weighted by Crippen LogP contribution is 2.31. The minimum Gasteiger partial charge on any atom is -0.393 e. The molecular formula is C14H19F3N2O. The maximum absolute atomic E-state index is 12.8. The largest absolute Gasteiger partial charge is 0.418 e. The molecule has 2 N–H and O–H groups in total. The highest BCUT2D eigenvalue weighted by molar-refractivity contribution is 5.22. The van der Waals surface area contributed by atoms with Crippen LogP contribution in [0.3, 0.4) is 0 Å². The van der Waals surface area contributed by atoms with E-state index in [1.54, 1.807) is 0 Å². The van der Waals surface area contributed by atoms with E-state index >= 15 is 0 Å². The number of hydrogen-bond donors (Lipinski definition) is 2. The van der Waals surface area contributed by atoms with Crippen LogP contribution in [0.4, 0.5) is 13.2 Å². The molecule has 1 heterocycles. The third-order valence-electron chi connectivity index (χ3n) is 3.68. The van der Waals surface area contributed by atoms with Gasteiger partial charge in [-0.15, -0.1) is 0 Å². The van der Waals surface area contributed by atoms with E-state index in [4.69, 9.17) is 0 Å². The van der Waals surface area contributed by atoms with E-state index in [9.17, 15) is 18.3 Å². The molecule has 1 aliphatic carbocycles. The van der Waals surface area contributed by atoms with Crippen molar-refractivity contribution in [2.75, 3.05) is 6.54 Å². The molecule has 1 saturated carbocycles. The van der Waals surface area contributed by atoms with Gasteiger partial charge in [0.05, 0.1) is 17.4 Å². The fourth-order valence-corrected chi connectivity index (χ4v) is 2.68. The Kier molecular flexibility index (Phi) is 4.99. The number of nitrogens with one attached hydrogen (secondary N) is 1. The van der Waals surface area contributed by atoms with Crippen LogP contribution in [0.5, 0.6) is 0 Å². The zero-order valence-electron chi connectivity index (χ0n) is 11.2. The van der Waals surface area contributed by atoms with Crippen LogP contribution in [0, 0.1) is 5.92 Å². The van der Waals surface area contributed by atoms with Gasteiger partial charge in [0.25, 0.3) is 0 Å². The minimum atomic E-state index is -4.37. The molecular weight excluding hydrogens is 269 g/mol. The molecule has 0 amide bonds. The summed E-state index contributed by atoms with van der Waals surface area (Å²) in [5.41, 5.74) is -0.660. The van der Waals surface area contributed by atoms with Gasteiger partial charge in [0.15, 0.2) is 0 Å². The Balaban J connectivity index is 1.88. The first kappa shape index (κ1) is 15.3. The minimum absolute atomic E-state index is 0.0244. The van der Waals surface area contributed by atoms with Crippen molar-refractivity contribution in [3.63, 3.8) is 0 Å². The monoisotopic (exact) mass is 288 g/mol. The highest BCUT2D eigenvalue weighted by Gasteiger charge is 2.33. The van der Waals surface area contributed by atoms with Gasteiger partial charge in [-0.25, -0.2) is 0 Å². The van der Waals surface area contributed by atoms with Crippen molar-refractivity contribution in [1.29, 1.82) is 0 Å². The smallest absolute Gasteiger partial charge is 0.393 e. The second kappa shape index (κ2) is 6.54. The lowest BCUT2D eigenvalue weighted by molar-refractivity contribution is -0.138. The van der Waals surface area contributed by atoms with E-state index in [0.29, 0.717) is 12.5 Å². The Bertz CT molecular complexity index is 437. The van der Waals surface area contributed by atoms with Crippen LogP contribution in [0.25, 0.3) is 0 Å². The summed E-state index contributed by atoms with van der Waals surface area (Å²) in [5.74, 6) is 0.330. The molecule has 3 nitrogen and oxygen atoms in total. The van der Waals surface area contributed by atoms with Crippen LogP contribution in [-0.4, -0.2) is 22.7 Å². The molecule has 1 aliphatic rings. The molecule has 112 valence electrons. The normalized spacial score (nSPS) is 23.8. The molecule has 6 heteroatoms. The lowest BCUT2D eigenvalue weighted by Crippen LogP contribution is -2.29. The summed E-state index contributed by atoms with van der Waals surface area (Å²) in [5, 5.41) is 12.6. The summed E-state index contributed by atoms with van der Waals surface area (Å²) < 4.78 is 38.3. The van der Waals surface area contributed by atoms with E-state index in [0.717, 1.165) is 31.7 Å². The summed E-state index contributed by atoms with van der Waals surface area (Å²) in [4.78, 5) is 3.81. The molecule has 1 aromatic rings. The number of aliphatic hydroxyl groups is 1. The van der Waals surface area contributed by atoms with E-state index in [-0.39, 0.29) is 18.3 Å². The maximum Gasteiger partial charge on any atom is 0.418 e. The van der Waals surface area contributed by atoms with E-state index < -0.39 is 11.7 Å². The van der Waals surface area contributed by atoms with Crippen molar-refractivity contribution in [2.24, 2.45) is 5.92 Å². The number of pyridine rings is 1. The summed E-state index contributed by atoms with van der Waals surface area (Å²) in [6.45, 7) is 0.715. The van der Waals surface area contributed by atoms with Crippen molar-refractivity contribution in [1.82, 2.24) is 10.3 Å². The molecule has 0 radical (unpaired) electrons. The molecule has 2 atom stereocenters. The second-order valence-electron chi connectivity index (χ2n) is 5.31. The van der Waals surface area contributed by atoms with Crippen LogP contribution >= 0.6 is 0 Å². The number of alkyl halides is 3. The topological polar surface area (TPSA) is 45.1 Å². The number of aliphatic hydroxyl groups excluding tert-OH is 1. The van der Waals surface area contributed by atoms with E-state index in [1.807, 2.05) is 0 Å². The van der Waals surface area contributed by atoms with Gasteiger partial charge < -0.3 is 10.4 Å². The number of nitrogens with zero attached hydrogens (tertiary/aromatic N) is 1. The summed E-state index contributed by atoms with van der Waals surface area (Å²) in [6.07, 6.45) is 0.277. The average Bonchev–Trinajstić information content (AvgIpc) is 2.38. The summed E-state index contributed by atoms with van der Waals surface area (Å²) in [6, 6.07) is 2.35. The van der Waals surface area contributed by atoms with Gasteiger partial charge >= 0.3 is 6.18 Å². The molecule has 0 saturated heterocycles. The molecule has 20 heavy (non-hydrogen) atoms. The first-order valence-corrected chi connectivity index (χ1v) is 6.86. The van der Waals surface area contributed by atoms with Gasteiger partial charge in [-0.3, -0.25) is 4.98 Å². The van der Waals surface area contributed by atoms with E-state index in [1.165, 1.54) is 12.3 Å². The number of hydrogen-bond acceptors (Lipinski definition) is 3. The molecule has 0 spiro atoms. The third kappa shape index (κ3) is 4.18. The Morgan fingerprint density at radius 2 is 2.15 bits per heavy atom. The standard InChI is InChI=1S/C14H19F3N2O/c15-14(16,17)12-5-2-6-19-13(12)9-18-8-10-3-1-4-11(20)7-10/h2,5-6,10-11,18,20H,1,3-4,7-9H2. The number of aromatic nitrogens is 1. The maximum atomic E-state index is 12.8. The number of rotatable bonds is 4. The Morgan fingerprint density at radius 1 is 1.35 bits per heavy atom. The zero-order valence-corrected chi connectivity index (χ0v) is 11.2. The van der Waals surface area contributed by atoms with Crippen LogP contribution in [0.1, 0.15) is 36.9 Å². The van der Waals surface area contributed by atoms with Crippen LogP contribution in [-0.2, 0) is 12.7 Å². The number of halogens is 3. The van der Waals surface area contributed by atoms with E-state index in [2.05, 4.69) is 10.3 Å². The van der Waals surface area contributed by atoms with Gasteiger partial charge in [0, 0.05) is 12.7 Å². The van der Waals surface area contributed by atoms with Crippen molar-refractivity contribution < 1.29 is 18.3 Å². The van der Waals surface area contributed by atoms with Crippen LogP contribution in [0.15, 0.2) is 18.3 Å². The third-order valence-corrected chi connectivity index (χ3v) is 3.68. The fourth-order valence-electron chi connectivity index (χ4n) is 2.68. The molecule has 1 fully saturated rings. The predicted molar refractivity (Wildman–Crippen MR) is 68.9 cm³/mol. The average molecular weight is 288 g/mol. The molecule has 0 aromatic carbocycles. The van der Waals surface area contributed by atoms with Crippen molar-refractivity contribution in [3.8, 4) is 0 Å². The summed E-state index contributed by atoms with van der Waals surface area (Å²) in [7, 11) is 0. The van der Waals surface area contributed by atoms with Gasteiger partial charge in [0.1, 0.15) is 0 Å². The van der Waals surface area contributed by atoms with Crippen LogP contribution < -0.4 is 5.32 Å².